The van der Waals surface area contributed by atoms with Crippen molar-refractivity contribution in [3.63, 3.8) is 0 Å². The smallest absolute Gasteiger partial charge is 0.338 e. The van der Waals surface area contributed by atoms with E-state index < -0.39 is 5.97 Å². The van der Waals surface area contributed by atoms with Crippen molar-refractivity contribution in [3.8, 4) is 10.6 Å². The average molecular weight is 320 g/mol. The molecular weight excluding hydrogens is 310 g/mol. The molecule has 0 unspecified atom stereocenters. The average Bonchev–Trinajstić information content (AvgIpc) is 3.15. The van der Waals surface area contributed by atoms with Gasteiger partial charge in [-0.2, -0.15) is 0 Å². The molecule has 2 aromatic heterocycles. The van der Waals surface area contributed by atoms with Crippen LogP contribution in [0.2, 0.25) is 5.02 Å². The molecule has 0 atom stereocenters. The fraction of sp³-hybridized carbons (Fsp3) is 0.0667. The number of aromatic nitrogens is 1. The van der Waals surface area contributed by atoms with Crippen LogP contribution >= 0.6 is 22.9 Å². The molecule has 0 bridgehead atoms. The number of hydrogen-bond donors (Lipinski definition) is 0. The third-order valence-corrected chi connectivity index (χ3v) is 3.85. The van der Waals surface area contributed by atoms with Gasteiger partial charge in [0.05, 0.1) is 10.4 Å². The maximum Gasteiger partial charge on any atom is 0.338 e. The van der Waals surface area contributed by atoms with Crippen LogP contribution in [0.5, 0.6) is 0 Å². The van der Waals surface area contributed by atoms with Crippen molar-refractivity contribution in [2.75, 3.05) is 0 Å². The number of nitrogens with zero attached hydrogens (tertiary/aromatic N) is 1. The zero-order valence-electron chi connectivity index (χ0n) is 10.8. The van der Waals surface area contributed by atoms with Crippen LogP contribution in [0.25, 0.3) is 10.6 Å². The summed E-state index contributed by atoms with van der Waals surface area (Å²) in [4.78, 5) is 12.8. The Balaban J connectivity index is 1.64. The number of hydrogen-bond acceptors (Lipinski definition) is 5. The van der Waals surface area contributed by atoms with Crippen molar-refractivity contribution in [1.82, 2.24) is 5.16 Å². The quantitative estimate of drug-likeness (QED) is 0.668. The molecule has 0 spiro atoms. The van der Waals surface area contributed by atoms with E-state index in [1.165, 1.54) is 0 Å². The molecule has 0 N–H and O–H groups in total. The van der Waals surface area contributed by atoms with Gasteiger partial charge >= 0.3 is 5.97 Å². The molecule has 106 valence electrons. The van der Waals surface area contributed by atoms with Gasteiger partial charge in [-0.25, -0.2) is 4.79 Å². The lowest BCUT2D eigenvalue weighted by atomic mass is 10.2. The minimum absolute atomic E-state index is 0.0558. The zero-order valence-corrected chi connectivity index (χ0v) is 12.4. The SMILES string of the molecule is O=C(OCc1cc(-c2cccs2)on1)c1cccc(Cl)c1. The Labute approximate surface area is 129 Å². The monoisotopic (exact) mass is 319 g/mol. The van der Waals surface area contributed by atoms with Gasteiger partial charge in [-0.3, -0.25) is 0 Å². The van der Waals surface area contributed by atoms with Crippen LogP contribution in [0, 0.1) is 0 Å². The van der Waals surface area contributed by atoms with E-state index in [0.29, 0.717) is 22.0 Å². The van der Waals surface area contributed by atoms with Crippen LogP contribution in [0.1, 0.15) is 16.1 Å². The van der Waals surface area contributed by atoms with Crippen molar-refractivity contribution in [3.05, 3.63) is 64.1 Å². The number of rotatable bonds is 4. The van der Waals surface area contributed by atoms with E-state index in [4.69, 9.17) is 20.9 Å². The summed E-state index contributed by atoms with van der Waals surface area (Å²) < 4.78 is 10.4. The van der Waals surface area contributed by atoms with Crippen LogP contribution in [0.3, 0.4) is 0 Å². The maximum absolute atomic E-state index is 11.9. The zero-order chi connectivity index (χ0) is 14.7. The molecule has 0 saturated heterocycles. The van der Waals surface area contributed by atoms with E-state index in [1.54, 1.807) is 41.7 Å². The fourth-order valence-electron chi connectivity index (χ4n) is 1.75. The molecule has 1 aromatic carbocycles. The maximum atomic E-state index is 11.9. The Hall–Kier alpha value is -2.11. The van der Waals surface area contributed by atoms with Gasteiger partial charge in [-0.05, 0) is 29.6 Å². The summed E-state index contributed by atoms with van der Waals surface area (Å²) in [6.45, 7) is 0.0558. The third-order valence-electron chi connectivity index (χ3n) is 2.73. The van der Waals surface area contributed by atoms with Gasteiger partial charge in [0.1, 0.15) is 12.3 Å². The number of thiophene rings is 1. The highest BCUT2D eigenvalue weighted by molar-refractivity contribution is 7.13. The summed E-state index contributed by atoms with van der Waals surface area (Å²) in [6.07, 6.45) is 0. The summed E-state index contributed by atoms with van der Waals surface area (Å²) >= 11 is 7.39. The van der Waals surface area contributed by atoms with Crippen molar-refractivity contribution < 1.29 is 14.1 Å². The molecule has 6 heteroatoms. The normalized spacial score (nSPS) is 10.5. The number of halogens is 1. The molecule has 0 aliphatic carbocycles. The highest BCUT2D eigenvalue weighted by Crippen LogP contribution is 2.25. The molecule has 0 amide bonds. The van der Waals surface area contributed by atoms with Crippen molar-refractivity contribution >= 4 is 28.9 Å². The second-order valence-electron chi connectivity index (χ2n) is 4.25. The number of esters is 1. The summed E-state index contributed by atoms with van der Waals surface area (Å²) in [5.41, 5.74) is 0.971. The third kappa shape index (κ3) is 3.32. The molecule has 0 aliphatic heterocycles. The van der Waals surface area contributed by atoms with Crippen LogP contribution < -0.4 is 0 Å². The Morgan fingerprint density at radius 3 is 2.95 bits per heavy atom. The second-order valence-corrected chi connectivity index (χ2v) is 5.63. The topological polar surface area (TPSA) is 52.3 Å². The minimum Gasteiger partial charge on any atom is -0.455 e. The number of carbonyl (C=O) groups excluding carboxylic acids is 1. The van der Waals surface area contributed by atoms with Gasteiger partial charge < -0.3 is 9.26 Å². The van der Waals surface area contributed by atoms with E-state index in [-0.39, 0.29) is 6.61 Å². The Morgan fingerprint density at radius 2 is 2.19 bits per heavy atom. The first-order valence-electron chi connectivity index (χ1n) is 6.14. The van der Waals surface area contributed by atoms with Gasteiger partial charge in [0.2, 0.25) is 0 Å². The molecule has 0 radical (unpaired) electrons. The van der Waals surface area contributed by atoms with E-state index in [9.17, 15) is 4.79 Å². The molecule has 3 rings (SSSR count). The number of carbonyl (C=O) groups is 1. The summed E-state index contributed by atoms with van der Waals surface area (Å²) in [5.74, 6) is 0.219. The molecule has 3 aromatic rings. The molecule has 0 fully saturated rings. The minimum atomic E-state index is -0.446. The lowest BCUT2D eigenvalue weighted by molar-refractivity contribution is 0.0464. The molecule has 0 aliphatic rings. The standard InChI is InChI=1S/C15H10ClNO3S/c16-11-4-1-3-10(7-11)15(18)19-9-12-8-13(20-17-12)14-5-2-6-21-14/h1-8H,9H2. The molecule has 21 heavy (non-hydrogen) atoms. The lowest BCUT2D eigenvalue weighted by Crippen LogP contribution is -2.05. The highest BCUT2D eigenvalue weighted by atomic mass is 35.5. The predicted octanol–water partition coefficient (Wildman–Crippen LogP) is 4.41. The Bertz CT molecular complexity index is 752. The Morgan fingerprint density at radius 1 is 1.29 bits per heavy atom. The van der Waals surface area contributed by atoms with Gasteiger partial charge in [-0.1, -0.05) is 28.9 Å². The van der Waals surface area contributed by atoms with E-state index in [2.05, 4.69) is 5.16 Å². The van der Waals surface area contributed by atoms with Crippen LogP contribution in [0.15, 0.2) is 52.4 Å². The van der Waals surface area contributed by atoms with Crippen molar-refractivity contribution in [1.29, 1.82) is 0 Å². The summed E-state index contributed by atoms with van der Waals surface area (Å²) in [7, 11) is 0. The molecule has 0 saturated carbocycles. The van der Waals surface area contributed by atoms with Crippen molar-refractivity contribution in [2.45, 2.75) is 6.61 Å². The van der Waals surface area contributed by atoms with Gasteiger partial charge in [0.15, 0.2) is 5.76 Å². The fourth-order valence-corrected chi connectivity index (χ4v) is 2.62. The number of ether oxygens (including phenoxy) is 1. The van der Waals surface area contributed by atoms with E-state index >= 15 is 0 Å². The summed E-state index contributed by atoms with van der Waals surface area (Å²) in [5, 5.41) is 6.33. The van der Waals surface area contributed by atoms with E-state index in [1.807, 2.05) is 17.5 Å². The largest absolute Gasteiger partial charge is 0.455 e. The van der Waals surface area contributed by atoms with Gasteiger partial charge in [0, 0.05) is 11.1 Å². The van der Waals surface area contributed by atoms with Crippen LogP contribution in [-0.4, -0.2) is 11.1 Å². The van der Waals surface area contributed by atoms with Crippen LogP contribution in [-0.2, 0) is 11.3 Å². The lowest BCUT2D eigenvalue weighted by Gasteiger charge is -2.02. The molecule has 2 heterocycles. The van der Waals surface area contributed by atoms with Gasteiger partial charge in [0.25, 0.3) is 0 Å². The van der Waals surface area contributed by atoms with E-state index in [0.717, 1.165) is 4.88 Å². The summed E-state index contributed by atoms with van der Waals surface area (Å²) in [6, 6.07) is 12.2. The first kappa shape index (κ1) is 13.9. The first-order chi connectivity index (χ1) is 10.2. The van der Waals surface area contributed by atoms with Gasteiger partial charge in [-0.15, -0.1) is 11.3 Å². The van der Waals surface area contributed by atoms with Crippen LogP contribution in [0.4, 0.5) is 0 Å². The molecular formula is C15H10ClNO3S. The Kier molecular flexibility index (Phi) is 4.03. The predicted molar refractivity (Wildman–Crippen MR) is 80.4 cm³/mol. The first-order valence-corrected chi connectivity index (χ1v) is 7.40. The number of benzene rings is 1. The second kappa shape index (κ2) is 6.11. The van der Waals surface area contributed by atoms with Crippen molar-refractivity contribution in [2.24, 2.45) is 0 Å². The molecule has 4 nitrogen and oxygen atoms in total. The highest BCUT2D eigenvalue weighted by Gasteiger charge is 2.11.